The van der Waals surface area contributed by atoms with Gasteiger partial charge in [-0.3, -0.25) is 9.59 Å². The Morgan fingerprint density at radius 3 is 1.05 bits per heavy atom. The first kappa shape index (κ1) is 79.6. The number of benzene rings is 8. The number of amides is 2. The quantitative estimate of drug-likeness (QED) is 0.0229. The molecule has 0 fully saturated rings. The maximum atomic E-state index is 15.0. The Hall–Kier alpha value is -9.12. The van der Waals surface area contributed by atoms with Crippen molar-refractivity contribution in [1.29, 1.82) is 0 Å². The van der Waals surface area contributed by atoms with Gasteiger partial charge in [0.25, 0.3) is 11.8 Å². The minimum atomic E-state index is -1.41. The molecule has 10 rings (SSSR count). The molecule has 8 aromatic carbocycles. The number of carboxylic acids is 2. The summed E-state index contributed by atoms with van der Waals surface area (Å²) in [6, 6.07) is 61.6. The molecule has 2 heterocycles. The number of aliphatic hydroxyl groups is 4. The molecular weight excluding hydrogens is 1340 g/mol. The number of allylic oxidation sites excluding steroid dienone is 2. The van der Waals surface area contributed by atoms with Crippen molar-refractivity contribution in [3.8, 4) is 23.0 Å². The van der Waals surface area contributed by atoms with E-state index >= 15 is 0 Å². The van der Waals surface area contributed by atoms with Crippen LogP contribution in [0.15, 0.2) is 229 Å². The van der Waals surface area contributed by atoms with Crippen molar-refractivity contribution in [3.63, 3.8) is 0 Å². The molecule has 6 N–H and O–H groups in total. The topological polar surface area (TPSA) is 263 Å². The first-order chi connectivity index (χ1) is 49.0. The standard InChI is InChI=1S/2C41H45FN2O7.Ca/c2*1-26(2)39-37(40(49)43-34-20-19-33(50-3)25-35(34)51-4)38(27-11-7-5-8-12-27)41(28-13-9-6-10-14-28,29-15-17-30(42)18-16-29)44(39)22-21-31(45)23-32(46)24-36(47)48;/h2*5-20,25-26,31-32,38,45-46H,21-24H2,1-4H3,(H,43,49)(H,47,48);/q;;+2/p-2/t2*31-,32-,38?,41?;/m11./s1. The summed E-state index contributed by atoms with van der Waals surface area (Å²) in [6.07, 6.45) is -6.05. The molecule has 4 unspecified atom stereocenters. The minimum absolute atomic E-state index is 0. The summed E-state index contributed by atoms with van der Waals surface area (Å²) >= 11 is 0. The summed E-state index contributed by atoms with van der Waals surface area (Å²) in [5, 5.41) is 71.4. The predicted molar refractivity (Wildman–Crippen MR) is 387 cm³/mol. The number of anilines is 2. The average molecular weight is 1430 g/mol. The number of carbonyl (C=O) groups is 4. The molecule has 2 aliphatic heterocycles. The fraction of sp³-hybridized carbons (Fsp3) is 0.317. The predicted octanol–water partition coefficient (Wildman–Crippen LogP) is 10.4. The average Bonchev–Trinajstić information content (AvgIpc) is 1.55. The number of ether oxygens (including phenoxy) is 4. The van der Waals surface area contributed by atoms with Gasteiger partial charge in [0.1, 0.15) is 45.7 Å². The molecule has 21 heteroatoms. The molecule has 536 valence electrons. The molecule has 18 nitrogen and oxygen atoms in total. The summed E-state index contributed by atoms with van der Waals surface area (Å²) in [5.74, 6) is -4.18. The zero-order chi connectivity index (χ0) is 73.4. The summed E-state index contributed by atoms with van der Waals surface area (Å²) < 4.78 is 51.3. The number of aliphatic hydroxyl groups excluding tert-OH is 4. The molecule has 8 atom stereocenters. The van der Waals surface area contributed by atoms with Crippen molar-refractivity contribution < 1.29 is 77.5 Å². The Morgan fingerprint density at radius 1 is 0.447 bits per heavy atom. The second kappa shape index (κ2) is 36.3. The molecule has 0 saturated carbocycles. The minimum Gasteiger partial charge on any atom is -0.550 e. The van der Waals surface area contributed by atoms with Gasteiger partial charge in [-0.1, -0.05) is 173 Å². The van der Waals surface area contributed by atoms with Crippen LogP contribution in [0.25, 0.3) is 0 Å². The van der Waals surface area contributed by atoms with E-state index in [1.54, 1.807) is 74.9 Å². The van der Waals surface area contributed by atoms with Crippen LogP contribution in [0.5, 0.6) is 23.0 Å². The van der Waals surface area contributed by atoms with Crippen molar-refractivity contribution in [2.24, 2.45) is 11.8 Å². The number of carboxylic acid groups (broad SMARTS) is 2. The van der Waals surface area contributed by atoms with Crippen molar-refractivity contribution in [3.05, 3.63) is 274 Å². The first-order valence-electron chi connectivity index (χ1n) is 34.0. The number of nitrogens with one attached hydrogen (secondary N) is 2. The van der Waals surface area contributed by atoms with Gasteiger partial charge in [0.05, 0.1) is 64.2 Å². The monoisotopic (exact) mass is 1430 g/mol. The second-order valence-corrected chi connectivity index (χ2v) is 26.0. The van der Waals surface area contributed by atoms with Gasteiger partial charge in [0.2, 0.25) is 0 Å². The van der Waals surface area contributed by atoms with Gasteiger partial charge in [0.15, 0.2) is 0 Å². The Kier molecular flexibility index (Phi) is 28.1. The van der Waals surface area contributed by atoms with E-state index in [1.165, 1.54) is 38.5 Å². The van der Waals surface area contributed by atoms with E-state index in [1.807, 2.05) is 149 Å². The molecule has 0 aliphatic carbocycles. The summed E-state index contributed by atoms with van der Waals surface area (Å²) in [7, 11) is 6.11. The number of methoxy groups -OCH3 is 4. The van der Waals surface area contributed by atoms with Crippen LogP contribution >= 0.6 is 0 Å². The van der Waals surface area contributed by atoms with Crippen molar-refractivity contribution in [2.75, 3.05) is 52.2 Å². The molecule has 0 saturated heterocycles. The third kappa shape index (κ3) is 17.9. The van der Waals surface area contributed by atoms with Crippen LogP contribution in [0.2, 0.25) is 0 Å². The summed E-state index contributed by atoms with van der Waals surface area (Å²) in [5.41, 5.74) is 5.78. The summed E-state index contributed by atoms with van der Waals surface area (Å²) in [6.45, 7) is 8.39. The van der Waals surface area contributed by atoms with Crippen LogP contribution in [0, 0.1) is 23.5 Å². The van der Waals surface area contributed by atoms with Gasteiger partial charge in [-0.05, 0) is 119 Å². The Morgan fingerprint density at radius 2 is 0.757 bits per heavy atom. The second-order valence-electron chi connectivity index (χ2n) is 26.0. The molecular formula is C82H88CaF2N4O14. The van der Waals surface area contributed by atoms with Crippen LogP contribution in [-0.2, 0) is 30.3 Å². The zero-order valence-corrected chi connectivity index (χ0v) is 61.3. The molecule has 2 amide bonds. The number of halogens is 2. The Labute approximate surface area is 630 Å². The van der Waals surface area contributed by atoms with Gasteiger partial charge in [-0.25, -0.2) is 8.78 Å². The van der Waals surface area contributed by atoms with Crippen LogP contribution in [-0.4, -0.2) is 158 Å². The zero-order valence-electron chi connectivity index (χ0n) is 59.1. The van der Waals surface area contributed by atoms with Gasteiger partial charge >= 0.3 is 37.7 Å². The van der Waals surface area contributed by atoms with Crippen LogP contribution in [0.3, 0.4) is 0 Å². The fourth-order valence-corrected chi connectivity index (χ4v) is 14.7. The largest absolute Gasteiger partial charge is 2.00 e. The third-order valence-corrected chi connectivity index (χ3v) is 18.8. The molecule has 0 radical (unpaired) electrons. The van der Waals surface area contributed by atoms with E-state index in [9.17, 15) is 58.6 Å². The summed E-state index contributed by atoms with van der Waals surface area (Å²) in [4.78, 5) is 56.5. The van der Waals surface area contributed by atoms with Crippen LogP contribution < -0.4 is 39.8 Å². The van der Waals surface area contributed by atoms with E-state index in [4.69, 9.17) is 18.9 Å². The van der Waals surface area contributed by atoms with Crippen molar-refractivity contribution in [1.82, 2.24) is 9.80 Å². The van der Waals surface area contributed by atoms with Gasteiger partial charge in [-0.2, -0.15) is 0 Å². The van der Waals surface area contributed by atoms with Crippen LogP contribution in [0.1, 0.15) is 111 Å². The molecule has 0 spiro atoms. The number of aliphatic carboxylic acids is 2. The molecule has 8 aromatic rings. The third-order valence-electron chi connectivity index (χ3n) is 18.8. The van der Waals surface area contributed by atoms with E-state index < -0.39 is 83.7 Å². The fourth-order valence-electron chi connectivity index (χ4n) is 14.7. The number of nitrogens with zero attached hydrogens (tertiary/aromatic N) is 2. The number of rotatable bonds is 30. The van der Waals surface area contributed by atoms with Gasteiger partial charge in [0, 0.05) is 84.4 Å². The maximum absolute atomic E-state index is 15.0. The maximum Gasteiger partial charge on any atom is 2.00 e. The van der Waals surface area contributed by atoms with Gasteiger partial charge < -0.3 is 79.6 Å². The molecule has 2 aliphatic rings. The Bertz CT molecular complexity index is 3940. The Balaban J connectivity index is 0.000000259. The van der Waals surface area contributed by atoms with Crippen molar-refractivity contribution >= 4 is 72.9 Å². The van der Waals surface area contributed by atoms with Crippen LogP contribution in [0.4, 0.5) is 20.2 Å². The SMILES string of the molecule is COc1ccc(NC(=O)C2=C(C(C)C)N(CC[C@@H](O)C[C@@H](O)CC(=O)[O-])C(c3ccccc3)(c3ccc(F)cc3)C2c2ccccc2)c(OC)c1.COc1ccc(NC(=O)C2=C(C(C)C)N(CC[C@@H](O)C[C@@H](O)CC(=O)[O-])C(c3ccccc3)(c3ccc(F)cc3)C2c2ccccc2)c(OC)c1.[Ca+2]. The molecule has 103 heavy (non-hydrogen) atoms. The van der Waals surface area contributed by atoms with E-state index in [2.05, 4.69) is 20.4 Å². The normalized spacial score (nSPS) is 18.3. The molecule has 0 bridgehead atoms. The number of hydrogen-bond donors (Lipinski definition) is 6. The molecule has 0 aromatic heterocycles. The van der Waals surface area contributed by atoms with Gasteiger partial charge in [-0.15, -0.1) is 0 Å². The number of carbonyl (C=O) groups excluding carboxylic acids is 4. The van der Waals surface area contributed by atoms with E-state index in [-0.39, 0.29) is 100 Å². The van der Waals surface area contributed by atoms with E-state index in [0.29, 0.717) is 56.9 Å². The smallest absolute Gasteiger partial charge is 0.550 e. The number of hydrogen-bond acceptors (Lipinski definition) is 16. The first-order valence-corrected chi connectivity index (χ1v) is 34.0. The van der Waals surface area contributed by atoms with E-state index in [0.717, 1.165) is 33.4 Å². The van der Waals surface area contributed by atoms with Crippen molar-refractivity contribution in [2.45, 2.75) is 114 Å².